The van der Waals surface area contributed by atoms with Crippen LogP contribution in [0.4, 0.5) is 5.69 Å². The van der Waals surface area contributed by atoms with Crippen LogP contribution in [0.15, 0.2) is 64.5 Å². The maximum absolute atomic E-state index is 13.2. The lowest BCUT2D eigenvalue weighted by atomic mass is 10.2. The zero-order valence-electron chi connectivity index (χ0n) is 20.3. The average Bonchev–Trinajstić information content (AvgIpc) is 2.85. The summed E-state index contributed by atoms with van der Waals surface area (Å²) >= 11 is 1.18. The molecule has 2 aromatic carbocycles. The lowest BCUT2D eigenvalue weighted by molar-refractivity contribution is -0.142. The Kier molecular flexibility index (Phi) is 9.86. The molecule has 3 aromatic rings. The zero-order valence-corrected chi connectivity index (χ0v) is 21.1. The molecule has 0 saturated carbocycles. The molecule has 0 N–H and O–H groups in total. The molecule has 0 aliphatic carbocycles. The van der Waals surface area contributed by atoms with Crippen molar-refractivity contribution in [2.24, 2.45) is 0 Å². The van der Waals surface area contributed by atoms with Gasteiger partial charge >= 0.3 is 5.97 Å². The van der Waals surface area contributed by atoms with Gasteiger partial charge in [0.25, 0.3) is 5.56 Å². The normalized spacial score (nSPS) is 11.1. The zero-order chi connectivity index (χ0) is 25.2. The minimum absolute atomic E-state index is 0.00156. The number of hydrogen-bond acceptors (Lipinski definition) is 7. The number of benzene rings is 2. The van der Waals surface area contributed by atoms with E-state index >= 15 is 0 Å². The van der Waals surface area contributed by atoms with E-state index in [1.54, 1.807) is 54.0 Å². The largest absolute Gasteiger partial charge is 0.465 e. The Bertz CT molecular complexity index is 1200. The predicted octanol–water partition coefficient (Wildman–Crippen LogP) is 3.90. The van der Waals surface area contributed by atoms with Crippen LogP contribution in [0.3, 0.4) is 0 Å². The van der Waals surface area contributed by atoms with Gasteiger partial charge in [-0.3, -0.25) is 19.0 Å². The number of ether oxygens (including phenoxy) is 2. The maximum atomic E-state index is 13.2. The Labute approximate surface area is 209 Å². The number of anilines is 1. The summed E-state index contributed by atoms with van der Waals surface area (Å²) in [4.78, 5) is 44.6. The van der Waals surface area contributed by atoms with Crippen LogP contribution in [0.25, 0.3) is 10.9 Å². The molecule has 0 spiro atoms. The number of thioether (sulfide) groups is 1. The number of rotatable bonds is 12. The maximum Gasteiger partial charge on any atom is 0.326 e. The standard InChI is InChI=1S/C26H31N3O5S/c1-4-33-24(31)17-29(20-11-6-5-7-12-20)23(30)18-35-26-27-22-14-9-8-13-21(22)25(32)28(26)15-10-16-34-19(2)3/h5-9,11-14,19H,4,10,15-18H2,1-3H3. The number of carbonyl (C=O) groups is 2. The molecule has 0 radical (unpaired) electrons. The Hall–Kier alpha value is -3.17. The van der Waals surface area contributed by atoms with E-state index in [4.69, 9.17) is 9.47 Å². The number of para-hydroxylation sites is 2. The molecule has 0 fully saturated rings. The third-order valence-electron chi connectivity index (χ3n) is 5.09. The smallest absolute Gasteiger partial charge is 0.326 e. The lowest BCUT2D eigenvalue weighted by Crippen LogP contribution is -2.38. The molecular formula is C26H31N3O5S. The van der Waals surface area contributed by atoms with Crippen molar-refractivity contribution in [3.05, 3.63) is 65.0 Å². The van der Waals surface area contributed by atoms with Gasteiger partial charge < -0.3 is 14.4 Å². The molecule has 0 bridgehead atoms. The summed E-state index contributed by atoms with van der Waals surface area (Å²) in [5, 5.41) is 0.983. The van der Waals surface area contributed by atoms with Gasteiger partial charge in [-0.05, 0) is 51.5 Å². The van der Waals surface area contributed by atoms with Gasteiger partial charge in [0.15, 0.2) is 5.16 Å². The van der Waals surface area contributed by atoms with Crippen molar-refractivity contribution < 1.29 is 19.1 Å². The predicted molar refractivity (Wildman–Crippen MR) is 138 cm³/mol. The summed E-state index contributed by atoms with van der Waals surface area (Å²) in [7, 11) is 0. The highest BCUT2D eigenvalue weighted by Gasteiger charge is 2.21. The van der Waals surface area contributed by atoms with Gasteiger partial charge in [0.2, 0.25) is 5.91 Å². The van der Waals surface area contributed by atoms with Crippen molar-refractivity contribution in [1.82, 2.24) is 9.55 Å². The first-order valence-corrected chi connectivity index (χ1v) is 12.6. The quantitative estimate of drug-likeness (QED) is 0.162. The van der Waals surface area contributed by atoms with Crippen LogP contribution in [0.1, 0.15) is 27.2 Å². The number of hydrogen-bond donors (Lipinski definition) is 0. The van der Waals surface area contributed by atoms with Crippen LogP contribution < -0.4 is 10.5 Å². The molecule has 3 rings (SSSR count). The molecule has 1 aromatic heterocycles. The van der Waals surface area contributed by atoms with Gasteiger partial charge in [-0.1, -0.05) is 42.1 Å². The highest BCUT2D eigenvalue weighted by atomic mass is 32.2. The molecule has 35 heavy (non-hydrogen) atoms. The number of esters is 1. The van der Waals surface area contributed by atoms with Gasteiger partial charge in [0.1, 0.15) is 6.54 Å². The van der Waals surface area contributed by atoms with E-state index in [-0.39, 0.29) is 36.5 Å². The fourth-order valence-corrected chi connectivity index (χ4v) is 4.37. The first kappa shape index (κ1) is 26.4. The lowest BCUT2D eigenvalue weighted by Gasteiger charge is -2.22. The molecule has 9 heteroatoms. The minimum atomic E-state index is -0.486. The van der Waals surface area contributed by atoms with Crippen LogP contribution >= 0.6 is 11.8 Å². The monoisotopic (exact) mass is 497 g/mol. The second-order valence-corrected chi connectivity index (χ2v) is 8.99. The van der Waals surface area contributed by atoms with E-state index in [0.717, 1.165) is 0 Å². The van der Waals surface area contributed by atoms with Crippen LogP contribution in [0.5, 0.6) is 0 Å². The fraction of sp³-hybridized carbons (Fsp3) is 0.385. The third-order valence-corrected chi connectivity index (χ3v) is 6.05. The molecule has 0 atom stereocenters. The Morgan fingerprint density at radius 3 is 2.51 bits per heavy atom. The molecule has 186 valence electrons. The second-order valence-electron chi connectivity index (χ2n) is 8.05. The van der Waals surface area contributed by atoms with E-state index in [1.807, 2.05) is 26.0 Å². The van der Waals surface area contributed by atoms with Gasteiger partial charge in [-0.2, -0.15) is 0 Å². The number of amides is 1. The molecule has 1 heterocycles. The van der Waals surface area contributed by atoms with Crippen molar-refractivity contribution >= 4 is 40.2 Å². The highest BCUT2D eigenvalue weighted by molar-refractivity contribution is 7.99. The summed E-state index contributed by atoms with van der Waals surface area (Å²) in [6.45, 7) is 6.63. The molecule has 1 amide bonds. The molecule has 0 aliphatic heterocycles. The van der Waals surface area contributed by atoms with Gasteiger partial charge in [-0.25, -0.2) is 4.98 Å². The summed E-state index contributed by atoms with van der Waals surface area (Å²) < 4.78 is 12.3. The Morgan fingerprint density at radius 1 is 1.09 bits per heavy atom. The van der Waals surface area contributed by atoms with Crippen molar-refractivity contribution in [3.63, 3.8) is 0 Å². The van der Waals surface area contributed by atoms with Crippen molar-refractivity contribution in [1.29, 1.82) is 0 Å². The molecule has 0 unspecified atom stereocenters. The molecule has 0 saturated heterocycles. The van der Waals surface area contributed by atoms with Crippen molar-refractivity contribution in [3.8, 4) is 0 Å². The first-order chi connectivity index (χ1) is 16.9. The number of fused-ring (bicyclic) bond motifs is 1. The number of nitrogens with zero attached hydrogens (tertiary/aromatic N) is 3. The van der Waals surface area contributed by atoms with E-state index in [1.165, 1.54) is 16.7 Å². The SMILES string of the molecule is CCOC(=O)CN(C(=O)CSc1nc2ccccc2c(=O)n1CCCOC(C)C)c1ccccc1. The Morgan fingerprint density at radius 2 is 1.80 bits per heavy atom. The van der Waals surface area contributed by atoms with Crippen LogP contribution in [-0.2, 0) is 25.6 Å². The second kappa shape index (κ2) is 13.1. The average molecular weight is 498 g/mol. The highest BCUT2D eigenvalue weighted by Crippen LogP contribution is 2.21. The number of aromatic nitrogens is 2. The summed E-state index contributed by atoms with van der Waals surface area (Å²) in [5.74, 6) is -0.770. The van der Waals surface area contributed by atoms with Crippen LogP contribution in [0.2, 0.25) is 0 Å². The minimum Gasteiger partial charge on any atom is -0.465 e. The van der Waals surface area contributed by atoms with E-state index in [2.05, 4.69) is 4.98 Å². The van der Waals surface area contributed by atoms with Gasteiger partial charge in [0, 0.05) is 18.8 Å². The topological polar surface area (TPSA) is 90.7 Å². The van der Waals surface area contributed by atoms with Crippen molar-refractivity contribution in [2.45, 2.75) is 45.0 Å². The first-order valence-electron chi connectivity index (χ1n) is 11.7. The Balaban J connectivity index is 1.83. The summed E-state index contributed by atoms with van der Waals surface area (Å²) in [6.07, 6.45) is 0.745. The van der Waals surface area contributed by atoms with Gasteiger partial charge in [0.05, 0.1) is 29.4 Å². The summed E-state index contributed by atoms with van der Waals surface area (Å²) in [5.41, 5.74) is 1.02. The van der Waals surface area contributed by atoms with Crippen LogP contribution in [-0.4, -0.2) is 53.0 Å². The molecule has 0 aliphatic rings. The molecular weight excluding hydrogens is 466 g/mol. The summed E-state index contributed by atoms with van der Waals surface area (Å²) in [6, 6.07) is 16.1. The van der Waals surface area contributed by atoms with E-state index < -0.39 is 5.97 Å². The third kappa shape index (κ3) is 7.40. The van der Waals surface area contributed by atoms with E-state index in [0.29, 0.717) is 41.3 Å². The van der Waals surface area contributed by atoms with Crippen LogP contribution in [0, 0.1) is 0 Å². The molecule has 8 nitrogen and oxygen atoms in total. The number of carbonyl (C=O) groups excluding carboxylic acids is 2. The van der Waals surface area contributed by atoms with Crippen molar-refractivity contribution in [2.75, 3.05) is 30.4 Å². The van der Waals surface area contributed by atoms with E-state index in [9.17, 15) is 14.4 Å². The fourth-order valence-electron chi connectivity index (χ4n) is 3.47. The van der Waals surface area contributed by atoms with Gasteiger partial charge in [-0.15, -0.1) is 0 Å².